The molecule has 1 aliphatic heterocycles. The van der Waals surface area contributed by atoms with Gasteiger partial charge in [-0.05, 0) is 25.0 Å². The molecule has 2 aliphatic rings. The van der Waals surface area contributed by atoms with Gasteiger partial charge in [-0.1, -0.05) is 35.7 Å². The van der Waals surface area contributed by atoms with Gasteiger partial charge in [0.25, 0.3) is 0 Å². The first-order valence-electron chi connectivity index (χ1n) is 7.05. The van der Waals surface area contributed by atoms with Crippen LogP contribution in [0.2, 0.25) is 10.0 Å². The summed E-state index contributed by atoms with van der Waals surface area (Å²) in [5.74, 6) is -0.542. The van der Waals surface area contributed by atoms with Gasteiger partial charge in [0.2, 0.25) is 0 Å². The number of aliphatic hydroxyl groups is 1. The van der Waals surface area contributed by atoms with Crippen LogP contribution in [0, 0.1) is 0 Å². The van der Waals surface area contributed by atoms with Gasteiger partial charge < -0.3 is 14.6 Å². The van der Waals surface area contributed by atoms with Crippen molar-refractivity contribution >= 4 is 23.2 Å². The standard InChI is InChI=1S/C15H18Cl2O3/c16-10-4-5-11(12(17)8-10)14-13(9-18)19-15(20-14)6-2-1-3-7-15/h4-5,8,13-14,18H,1-3,6-7,9H2/t13?,14-/m1/s1. The molecular formula is C15H18Cl2O3. The van der Waals surface area contributed by atoms with Gasteiger partial charge >= 0.3 is 0 Å². The summed E-state index contributed by atoms with van der Waals surface area (Å²) >= 11 is 12.2. The number of hydrogen-bond acceptors (Lipinski definition) is 3. The second-order valence-corrected chi connectivity index (χ2v) is 6.36. The Bertz CT molecular complexity index is 486. The second kappa shape index (κ2) is 5.82. The van der Waals surface area contributed by atoms with Crippen molar-refractivity contribution in [1.29, 1.82) is 0 Å². The molecule has 3 nitrogen and oxygen atoms in total. The highest BCUT2D eigenvalue weighted by atomic mass is 35.5. The van der Waals surface area contributed by atoms with Crippen molar-refractivity contribution in [3.05, 3.63) is 33.8 Å². The van der Waals surface area contributed by atoms with Crippen molar-refractivity contribution in [3.8, 4) is 0 Å². The maximum atomic E-state index is 9.58. The van der Waals surface area contributed by atoms with E-state index in [4.69, 9.17) is 32.7 Å². The lowest BCUT2D eigenvalue weighted by Crippen LogP contribution is -2.33. The van der Waals surface area contributed by atoms with Crippen LogP contribution in [0.5, 0.6) is 0 Å². The molecule has 0 bridgehead atoms. The molecule has 2 fully saturated rings. The average molecular weight is 317 g/mol. The number of rotatable bonds is 2. The van der Waals surface area contributed by atoms with Crippen molar-refractivity contribution in [2.45, 2.75) is 50.1 Å². The third-order valence-electron chi connectivity index (χ3n) is 4.11. The van der Waals surface area contributed by atoms with Gasteiger partial charge in [0.15, 0.2) is 5.79 Å². The van der Waals surface area contributed by atoms with Gasteiger partial charge in [-0.25, -0.2) is 0 Å². The van der Waals surface area contributed by atoms with E-state index in [0.717, 1.165) is 31.2 Å². The fourth-order valence-electron chi connectivity index (χ4n) is 3.13. The lowest BCUT2D eigenvalue weighted by Gasteiger charge is -2.32. The van der Waals surface area contributed by atoms with E-state index in [-0.39, 0.29) is 18.8 Å². The molecule has 3 rings (SSSR count). The minimum absolute atomic E-state index is 0.0780. The predicted octanol–water partition coefficient (Wildman–Crippen LogP) is 4.10. The molecule has 0 amide bonds. The Morgan fingerprint density at radius 3 is 2.55 bits per heavy atom. The van der Waals surface area contributed by atoms with E-state index in [9.17, 15) is 5.11 Å². The minimum atomic E-state index is -0.542. The quantitative estimate of drug-likeness (QED) is 0.892. The Morgan fingerprint density at radius 2 is 1.90 bits per heavy atom. The van der Waals surface area contributed by atoms with Gasteiger partial charge in [-0.3, -0.25) is 0 Å². The molecule has 1 aliphatic carbocycles. The first kappa shape index (κ1) is 14.6. The number of aliphatic hydroxyl groups excluding tert-OH is 1. The Labute approximate surface area is 128 Å². The van der Waals surface area contributed by atoms with Crippen LogP contribution in [0.25, 0.3) is 0 Å². The van der Waals surface area contributed by atoms with E-state index in [1.165, 1.54) is 6.42 Å². The van der Waals surface area contributed by atoms with Gasteiger partial charge in [-0.15, -0.1) is 0 Å². The van der Waals surface area contributed by atoms with Crippen molar-refractivity contribution in [1.82, 2.24) is 0 Å². The van der Waals surface area contributed by atoms with Crippen LogP contribution in [0.15, 0.2) is 18.2 Å². The number of benzene rings is 1. The first-order chi connectivity index (χ1) is 9.63. The zero-order valence-electron chi connectivity index (χ0n) is 11.1. The number of ether oxygens (including phenoxy) is 2. The molecule has 20 heavy (non-hydrogen) atoms. The highest BCUT2D eigenvalue weighted by Gasteiger charge is 2.48. The molecule has 1 saturated carbocycles. The number of halogens is 2. The fourth-order valence-corrected chi connectivity index (χ4v) is 3.64. The molecule has 0 aromatic heterocycles. The lowest BCUT2D eigenvalue weighted by atomic mass is 9.94. The van der Waals surface area contributed by atoms with E-state index < -0.39 is 5.79 Å². The summed E-state index contributed by atoms with van der Waals surface area (Å²) in [6, 6.07) is 5.33. The third-order valence-corrected chi connectivity index (χ3v) is 4.67. The first-order valence-corrected chi connectivity index (χ1v) is 7.81. The van der Waals surface area contributed by atoms with E-state index in [1.807, 2.05) is 6.07 Å². The average Bonchev–Trinajstić information content (AvgIpc) is 2.78. The number of hydrogen-bond donors (Lipinski definition) is 1. The lowest BCUT2D eigenvalue weighted by molar-refractivity contribution is -0.196. The summed E-state index contributed by atoms with van der Waals surface area (Å²) in [5.41, 5.74) is 0.831. The van der Waals surface area contributed by atoms with Crippen molar-refractivity contribution in [2.24, 2.45) is 0 Å². The summed E-state index contributed by atoms with van der Waals surface area (Å²) in [4.78, 5) is 0. The molecule has 1 saturated heterocycles. The molecule has 1 unspecified atom stereocenters. The van der Waals surface area contributed by atoms with Crippen LogP contribution >= 0.6 is 23.2 Å². The van der Waals surface area contributed by atoms with Crippen LogP contribution < -0.4 is 0 Å². The summed E-state index contributed by atoms with van der Waals surface area (Å²) in [7, 11) is 0. The highest BCUT2D eigenvalue weighted by molar-refractivity contribution is 6.35. The molecule has 1 aromatic carbocycles. The molecule has 5 heteroatoms. The Hall–Kier alpha value is -0.320. The largest absolute Gasteiger partial charge is 0.394 e. The summed E-state index contributed by atoms with van der Waals surface area (Å²) in [6.45, 7) is -0.0780. The van der Waals surface area contributed by atoms with Crippen LogP contribution in [-0.4, -0.2) is 23.6 Å². The molecule has 0 radical (unpaired) electrons. The van der Waals surface area contributed by atoms with E-state index >= 15 is 0 Å². The van der Waals surface area contributed by atoms with Crippen LogP contribution in [-0.2, 0) is 9.47 Å². The molecule has 1 heterocycles. The van der Waals surface area contributed by atoms with Gasteiger partial charge in [0, 0.05) is 28.5 Å². The van der Waals surface area contributed by atoms with Gasteiger partial charge in [0.1, 0.15) is 12.2 Å². The van der Waals surface area contributed by atoms with Gasteiger partial charge in [-0.2, -0.15) is 0 Å². The zero-order chi connectivity index (χ0) is 14.2. The van der Waals surface area contributed by atoms with Crippen molar-refractivity contribution in [3.63, 3.8) is 0 Å². The Kier molecular flexibility index (Phi) is 4.25. The van der Waals surface area contributed by atoms with E-state index in [1.54, 1.807) is 12.1 Å². The van der Waals surface area contributed by atoms with Crippen LogP contribution in [0.3, 0.4) is 0 Å². The molecule has 1 spiro atoms. The molecule has 1 aromatic rings. The molecule has 2 atom stereocenters. The van der Waals surface area contributed by atoms with Crippen LogP contribution in [0.4, 0.5) is 0 Å². The van der Waals surface area contributed by atoms with E-state index in [2.05, 4.69) is 0 Å². The topological polar surface area (TPSA) is 38.7 Å². The van der Waals surface area contributed by atoms with Crippen molar-refractivity contribution in [2.75, 3.05) is 6.61 Å². The summed E-state index contributed by atoms with van der Waals surface area (Å²) in [5, 5.41) is 10.7. The molecule has 1 N–H and O–H groups in total. The van der Waals surface area contributed by atoms with Gasteiger partial charge in [0.05, 0.1) is 6.61 Å². The summed E-state index contributed by atoms with van der Waals surface area (Å²) in [6.07, 6.45) is 4.47. The summed E-state index contributed by atoms with van der Waals surface area (Å²) < 4.78 is 12.2. The SMILES string of the molecule is OCC1OC2(CCCCC2)O[C@@H]1c1ccc(Cl)cc1Cl. The highest BCUT2D eigenvalue weighted by Crippen LogP contribution is 2.47. The monoisotopic (exact) mass is 316 g/mol. The molecular weight excluding hydrogens is 299 g/mol. The minimum Gasteiger partial charge on any atom is -0.394 e. The maximum absolute atomic E-state index is 9.58. The smallest absolute Gasteiger partial charge is 0.169 e. The maximum Gasteiger partial charge on any atom is 0.169 e. The molecule has 110 valence electrons. The fraction of sp³-hybridized carbons (Fsp3) is 0.600. The Morgan fingerprint density at radius 1 is 1.15 bits per heavy atom. The zero-order valence-corrected chi connectivity index (χ0v) is 12.7. The predicted molar refractivity (Wildman–Crippen MR) is 78.1 cm³/mol. The second-order valence-electron chi connectivity index (χ2n) is 5.51. The van der Waals surface area contributed by atoms with E-state index in [0.29, 0.717) is 10.0 Å². The van der Waals surface area contributed by atoms with Crippen molar-refractivity contribution < 1.29 is 14.6 Å². The normalized spacial score (nSPS) is 28.9. The third kappa shape index (κ3) is 2.70. The Balaban J connectivity index is 1.88. The van der Waals surface area contributed by atoms with Crippen LogP contribution in [0.1, 0.15) is 43.8 Å².